The van der Waals surface area contributed by atoms with Crippen molar-refractivity contribution in [2.24, 2.45) is 0 Å². The van der Waals surface area contributed by atoms with Crippen molar-refractivity contribution in [3.8, 4) is 33.4 Å². The van der Waals surface area contributed by atoms with Gasteiger partial charge in [0.2, 0.25) is 0 Å². The second kappa shape index (κ2) is 37.5. The van der Waals surface area contributed by atoms with Crippen LogP contribution in [0.1, 0.15) is 66.8 Å². The minimum Gasteiger partial charge on any atom is -0.456 e. The van der Waals surface area contributed by atoms with Crippen molar-refractivity contribution in [2.45, 2.75) is 16.2 Å². The monoisotopic (exact) mass is 1980 g/mol. The fraction of sp³-hybridized carbons (Fsp3) is 0.0222. The molecule has 0 radical (unpaired) electrons. The highest BCUT2D eigenvalue weighted by Gasteiger charge is 2.51. The summed E-state index contributed by atoms with van der Waals surface area (Å²) in [5.41, 5.74) is 38.9. The van der Waals surface area contributed by atoms with Crippen LogP contribution in [0.25, 0.3) is 132 Å². The van der Waals surface area contributed by atoms with Gasteiger partial charge in [-0.25, -0.2) is 0 Å². The Bertz CT molecular complexity index is 9320. The average molecular weight is 1990 g/mol. The predicted octanol–water partition coefficient (Wildman–Crippen LogP) is 38.2. The molecule has 690 valence electrons. The van der Waals surface area contributed by atoms with E-state index in [0.717, 1.165) is 104 Å². The van der Waals surface area contributed by atoms with Gasteiger partial charge in [-0.15, -0.1) is 0 Å². The molecule has 3 aromatic heterocycles. The van der Waals surface area contributed by atoms with Crippen LogP contribution in [0.2, 0.25) is 15.1 Å². The number of anilines is 6. The largest absolute Gasteiger partial charge is 0.456 e. The van der Waals surface area contributed by atoms with Crippen molar-refractivity contribution < 1.29 is 13.3 Å². The minimum atomic E-state index is -0.554. The van der Waals surface area contributed by atoms with Crippen LogP contribution >= 0.6 is 50.7 Å². The maximum Gasteiger partial charge on any atom is 0.137 e. The summed E-state index contributed by atoms with van der Waals surface area (Å²) in [5, 5.41) is 19.9. The molecule has 3 heterocycles. The summed E-state index contributed by atoms with van der Waals surface area (Å²) in [5.74, 6) is 0. The number of nitrogens with two attached hydrogens (primary N) is 1. The zero-order valence-corrected chi connectivity index (χ0v) is 82.3. The third-order valence-electron chi connectivity index (χ3n) is 29.1. The number of nitrogens with one attached hydrogen (secondary N) is 1. The molecule has 0 spiro atoms. The van der Waals surface area contributed by atoms with E-state index >= 15 is 0 Å². The lowest BCUT2D eigenvalue weighted by atomic mass is 9.67. The summed E-state index contributed by atoms with van der Waals surface area (Å²) in [6, 6.07) is 184. The molecule has 0 saturated carbocycles. The highest BCUT2D eigenvalue weighted by atomic mass is 79.9. The van der Waals surface area contributed by atoms with Crippen molar-refractivity contribution in [3.05, 3.63) is 608 Å². The van der Waals surface area contributed by atoms with Crippen LogP contribution < -0.4 is 16.0 Å². The molecule has 145 heavy (non-hydrogen) atoms. The number of fused-ring (bicyclic) bond motifs is 24. The molecule has 6 nitrogen and oxygen atoms in total. The van der Waals surface area contributed by atoms with E-state index in [1.165, 1.54) is 132 Å². The molecule has 0 aliphatic heterocycles. The van der Waals surface area contributed by atoms with Crippen LogP contribution in [0.15, 0.2) is 539 Å². The van der Waals surface area contributed by atoms with Gasteiger partial charge in [0.25, 0.3) is 0 Å². The van der Waals surface area contributed by atoms with Crippen LogP contribution in [0.4, 0.5) is 34.1 Å². The number of nitrogens with zero attached hydrogens (tertiary/aromatic N) is 1. The summed E-state index contributed by atoms with van der Waals surface area (Å²) in [6.45, 7) is 0. The normalized spacial score (nSPS) is 12.9. The van der Waals surface area contributed by atoms with Gasteiger partial charge >= 0.3 is 0 Å². The minimum absolute atomic E-state index is 0.346. The standard InChI is InChI=1S/C47H30ClNO.C41H27NO.C29H19Br.C12H9NO.C6H4Cl2/c48-34-18-11-19-35(29-34)49(42-22-12-24-44-46(42)39-21-9-10-23-43(39)50-44)36-26-27-38-41(30-36)47(32-14-3-1-4-15-32,33-16-5-2-6-17-33)40-28-25-31-13-7-8-20-37(31)45(38)40;1-3-13-28(14-4-1)41(29-15-5-2-6-16-29)34-25-22-27-12-7-8-17-31(27)39(34)32-24-23-30(26-35(32)41)42-36-19-11-21-38-40(36)33-18-9-10-20-37(33)43-38;30-23-16-17-25-27(19-23)29(21-10-3-1-4-11-21,22-12-5-2-6-13-22)26-18-15-20-9-7-8-14-24(20)28(25)26;13-9-5-3-7-11-12(9)8-4-1-2-6-10(8)14-11;7-5-2-1-3-6(8)4-5/h1-30H;1-26,42H;1-19H;1-7H,13H2;1-4H. The Morgan fingerprint density at radius 1 is 0.234 bits per heavy atom. The number of para-hydroxylation sites is 3. The predicted molar refractivity (Wildman–Crippen MR) is 610 cm³/mol. The molecular weight excluding hydrogens is 1900 g/mol. The number of hydrogen-bond donors (Lipinski definition) is 2. The number of furan rings is 3. The van der Waals surface area contributed by atoms with E-state index < -0.39 is 10.8 Å². The zero-order valence-electron chi connectivity index (χ0n) is 78.4. The van der Waals surface area contributed by atoms with Gasteiger partial charge in [-0.1, -0.05) is 445 Å². The molecule has 29 rings (SSSR count). The van der Waals surface area contributed by atoms with Crippen molar-refractivity contribution in [1.29, 1.82) is 0 Å². The maximum atomic E-state index is 6.73. The van der Waals surface area contributed by atoms with Gasteiger partial charge in [-0.3, -0.25) is 0 Å². The van der Waals surface area contributed by atoms with Gasteiger partial charge in [-0.05, 0) is 260 Å². The average Bonchev–Trinajstić information content (AvgIpc) is 1.54. The first-order valence-electron chi connectivity index (χ1n) is 48.7. The highest BCUT2D eigenvalue weighted by molar-refractivity contribution is 9.10. The van der Waals surface area contributed by atoms with E-state index in [0.29, 0.717) is 15.1 Å². The van der Waals surface area contributed by atoms with Gasteiger partial charge in [0.15, 0.2) is 0 Å². The van der Waals surface area contributed by atoms with E-state index in [-0.39, 0.29) is 5.41 Å². The topological polar surface area (TPSA) is 80.7 Å². The fourth-order valence-corrected chi connectivity index (χ4v) is 24.2. The Hall–Kier alpha value is -17.0. The third kappa shape index (κ3) is 15.2. The lowest BCUT2D eigenvalue weighted by molar-refractivity contribution is 0.668. The SMILES string of the molecule is Brc1ccc2c(c1)C(c1ccccc1)(c1ccccc1)c1ccc3ccccc3c1-2.Clc1cccc(Cl)c1.Clc1cccc(N(c2ccc3c(c2)C(c2ccccc2)(c2ccccc2)c2ccc4ccccc4c2-3)c2cccc3oc4ccccc4c23)c1.Nc1cccc2oc3ccccc3c12.c1ccc(C2(c3ccccc3)c3cc(Nc4cccc5oc6ccccc6c45)ccc3-c3c2ccc2ccccc32)cc1. The second-order valence-corrected chi connectivity index (χ2v) is 39.2. The molecular formula is C135H89BrCl3N3O3. The number of hydrogen-bond acceptors (Lipinski definition) is 6. The summed E-state index contributed by atoms with van der Waals surface area (Å²) >= 11 is 21.6. The molecule has 10 heteroatoms. The van der Waals surface area contributed by atoms with E-state index in [9.17, 15) is 0 Å². The van der Waals surface area contributed by atoms with Crippen LogP contribution in [0, 0.1) is 0 Å². The van der Waals surface area contributed by atoms with Gasteiger partial charge in [0.05, 0.1) is 43.8 Å². The van der Waals surface area contributed by atoms with Gasteiger partial charge < -0.3 is 29.2 Å². The second-order valence-electron chi connectivity index (χ2n) is 37.0. The van der Waals surface area contributed by atoms with Crippen LogP contribution in [-0.2, 0) is 16.2 Å². The van der Waals surface area contributed by atoms with Crippen molar-refractivity contribution in [3.63, 3.8) is 0 Å². The number of benzene rings is 23. The molecule has 3 N–H and O–H groups in total. The first-order chi connectivity index (χ1) is 71.5. The first kappa shape index (κ1) is 89.3. The lowest BCUT2D eigenvalue weighted by Crippen LogP contribution is -2.28. The van der Waals surface area contributed by atoms with E-state index in [4.69, 9.17) is 53.8 Å². The number of rotatable bonds is 11. The molecule has 26 aromatic rings. The maximum absolute atomic E-state index is 6.73. The lowest BCUT2D eigenvalue weighted by Gasteiger charge is -2.35. The molecule has 3 aliphatic carbocycles. The summed E-state index contributed by atoms with van der Waals surface area (Å²) in [7, 11) is 0. The molecule has 3 aliphatic rings. The molecule has 23 aromatic carbocycles. The van der Waals surface area contributed by atoms with E-state index in [1.807, 2.05) is 97.1 Å². The fourth-order valence-electron chi connectivity index (χ4n) is 23.2. The molecule has 0 fully saturated rings. The van der Waals surface area contributed by atoms with E-state index in [1.54, 1.807) is 18.2 Å². The Morgan fingerprint density at radius 2 is 0.559 bits per heavy atom. The Balaban J connectivity index is 0.000000104. The van der Waals surface area contributed by atoms with Crippen molar-refractivity contribution >= 4 is 183 Å². The van der Waals surface area contributed by atoms with Crippen LogP contribution in [0.3, 0.4) is 0 Å². The molecule has 0 atom stereocenters. The van der Waals surface area contributed by atoms with E-state index in [2.05, 4.69) is 433 Å². The Morgan fingerprint density at radius 3 is 0.993 bits per heavy atom. The van der Waals surface area contributed by atoms with Crippen LogP contribution in [0.5, 0.6) is 0 Å². The van der Waals surface area contributed by atoms with Crippen molar-refractivity contribution in [2.75, 3.05) is 16.0 Å². The van der Waals surface area contributed by atoms with Crippen molar-refractivity contribution in [1.82, 2.24) is 0 Å². The molecule has 0 amide bonds. The summed E-state index contributed by atoms with van der Waals surface area (Å²) in [4.78, 5) is 2.33. The van der Waals surface area contributed by atoms with Gasteiger partial charge in [-0.2, -0.15) is 0 Å². The molecule has 0 unspecified atom stereocenters. The zero-order chi connectivity index (χ0) is 97.3. The van der Waals surface area contributed by atoms with Gasteiger partial charge in [0, 0.05) is 58.4 Å². The quantitative estimate of drug-likeness (QED) is 0.126. The molecule has 0 bridgehead atoms. The van der Waals surface area contributed by atoms with Gasteiger partial charge in [0.1, 0.15) is 33.5 Å². The molecule has 0 saturated heterocycles. The number of nitrogen functional groups attached to an aromatic ring is 1. The highest BCUT2D eigenvalue weighted by Crippen LogP contribution is 2.63. The number of halogens is 4. The summed E-state index contributed by atoms with van der Waals surface area (Å²) in [6.07, 6.45) is 0. The third-order valence-corrected chi connectivity index (χ3v) is 30.3. The Labute approximate surface area is 862 Å². The smallest absolute Gasteiger partial charge is 0.137 e. The van der Waals surface area contributed by atoms with Crippen LogP contribution in [-0.4, -0.2) is 0 Å². The summed E-state index contributed by atoms with van der Waals surface area (Å²) < 4.78 is 19.3. The Kier molecular flexibility index (Phi) is 23.1. The first-order valence-corrected chi connectivity index (χ1v) is 50.6.